The average Bonchev–Trinajstić information content (AvgIpc) is 2.17. The lowest BCUT2D eigenvalue weighted by Gasteiger charge is -2.23. The average molecular weight is 263 g/mol. The Bertz CT molecular complexity index is 319. The zero-order valence-electron chi connectivity index (χ0n) is 9.16. The highest BCUT2D eigenvalue weighted by molar-refractivity contribution is 6.29. The third kappa shape index (κ3) is 3.77. The van der Waals surface area contributed by atoms with Gasteiger partial charge >= 0.3 is 0 Å². The van der Waals surface area contributed by atoms with E-state index in [1.54, 1.807) is 6.07 Å². The number of rotatable bonds is 2. The van der Waals surface area contributed by atoms with Gasteiger partial charge < -0.3 is 10.6 Å². The van der Waals surface area contributed by atoms with E-state index >= 15 is 0 Å². The molecule has 2 rings (SSSR count). The van der Waals surface area contributed by atoms with Crippen molar-refractivity contribution < 1.29 is 0 Å². The van der Waals surface area contributed by atoms with E-state index in [1.165, 1.54) is 0 Å². The Morgan fingerprint density at radius 2 is 2.06 bits per heavy atom. The van der Waals surface area contributed by atoms with Crippen LogP contribution in [0.3, 0.4) is 0 Å². The SMILES string of the molecule is Cc1cc(Cl)nc(NC2CCNCC2)n1.Cl. The summed E-state index contributed by atoms with van der Waals surface area (Å²) >= 11 is 5.86. The van der Waals surface area contributed by atoms with E-state index in [0.717, 1.165) is 31.6 Å². The molecule has 2 heterocycles. The monoisotopic (exact) mass is 262 g/mol. The van der Waals surface area contributed by atoms with Crippen molar-refractivity contribution >= 4 is 30.0 Å². The minimum atomic E-state index is 0. The molecule has 16 heavy (non-hydrogen) atoms. The van der Waals surface area contributed by atoms with Gasteiger partial charge in [-0.05, 0) is 38.9 Å². The van der Waals surface area contributed by atoms with Crippen molar-refractivity contribution in [2.45, 2.75) is 25.8 Å². The van der Waals surface area contributed by atoms with Crippen molar-refractivity contribution in [3.05, 3.63) is 16.9 Å². The Kier molecular flexibility index (Phi) is 5.25. The first kappa shape index (κ1) is 13.5. The zero-order valence-corrected chi connectivity index (χ0v) is 10.7. The lowest BCUT2D eigenvalue weighted by atomic mass is 10.1. The first-order chi connectivity index (χ1) is 7.24. The predicted molar refractivity (Wildman–Crippen MR) is 68.5 cm³/mol. The first-order valence-corrected chi connectivity index (χ1v) is 5.60. The molecule has 0 saturated carbocycles. The lowest BCUT2D eigenvalue weighted by Crippen LogP contribution is -2.35. The maximum atomic E-state index is 5.86. The van der Waals surface area contributed by atoms with Crippen molar-refractivity contribution in [1.82, 2.24) is 15.3 Å². The van der Waals surface area contributed by atoms with Crippen molar-refractivity contribution in [3.8, 4) is 0 Å². The van der Waals surface area contributed by atoms with E-state index in [4.69, 9.17) is 11.6 Å². The number of hydrogen-bond acceptors (Lipinski definition) is 4. The fourth-order valence-electron chi connectivity index (χ4n) is 1.74. The van der Waals surface area contributed by atoms with E-state index < -0.39 is 0 Å². The number of aromatic nitrogens is 2. The number of nitrogens with one attached hydrogen (secondary N) is 2. The Morgan fingerprint density at radius 3 is 2.69 bits per heavy atom. The van der Waals surface area contributed by atoms with Crippen molar-refractivity contribution in [1.29, 1.82) is 0 Å². The van der Waals surface area contributed by atoms with Crippen LogP contribution in [0.2, 0.25) is 5.15 Å². The summed E-state index contributed by atoms with van der Waals surface area (Å²) in [5.74, 6) is 0.645. The maximum Gasteiger partial charge on any atom is 0.224 e. The second kappa shape index (κ2) is 6.23. The quantitative estimate of drug-likeness (QED) is 0.801. The molecule has 1 aromatic rings. The molecule has 90 valence electrons. The van der Waals surface area contributed by atoms with Gasteiger partial charge in [0.1, 0.15) is 5.15 Å². The zero-order chi connectivity index (χ0) is 10.7. The molecule has 0 aliphatic carbocycles. The Morgan fingerprint density at radius 1 is 1.38 bits per heavy atom. The number of halogens is 2. The molecule has 1 fully saturated rings. The van der Waals surface area contributed by atoms with E-state index in [2.05, 4.69) is 20.6 Å². The summed E-state index contributed by atoms with van der Waals surface area (Å²) < 4.78 is 0. The second-order valence-electron chi connectivity index (χ2n) is 3.82. The van der Waals surface area contributed by atoms with Gasteiger partial charge in [-0.1, -0.05) is 11.6 Å². The maximum absolute atomic E-state index is 5.86. The topological polar surface area (TPSA) is 49.8 Å². The van der Waals surface area contributed by atoms with Crippen LogP contribution >= 0.6 is 24.0 Å². The highest BCUT2D eigenvalue weighted by atomic mass is 35.5. The number of aryl methyl sites for hydroxylation is 1. The molecule has 0 bridgehead atoms. The highest BCUT2D eigenvalue weighted by Crippen LogP contribution is 2.13. The van der Waals surface area contributed by atoms with E-state index in [0.29, 0.717) is 17.1 Å². The number of hydrogen-bond donors (Lipinski definition) is 2. The summed E-state index contributed by atoms with van der Waals surface area (Å²) in [6, 6.07) is 2.22. The summed E-state index contributed by atoms with van der Waals surface area (Å²) in [6.45, 7) is 4.02. The van der Waals surface area contributed by atoms with Crippen LogP contribution in [0.25, 0.3) is 0 Å². The molecule has 4 nitrogen and oxygen atoms in total. The smallest absolute Gasteiger partial charge is 0.224 e. The predicted octanol–water partition coefficient (Wildman–Crippen LogP) is 2.02. The van der Waals surface area contributed by atoms with Gasteiger partial charge in [0.25, 0.3) is 0 Å². The Balaban J connectivity index is 0.00000128. The van der Waals surface area contributed by atoms with Gasteiger partial charge in [-0.25, -0.2) is 9.97 Å². The van der Waals surface area contributed by atoms with E-state index in [9.17, 15) is 0 Å². The van der Waals surface area contributed by atoms with Gasteiger partial charge in [0.2, 0.25) is 5.95 Å². The second-order valence-corrected chi connectivity index (χ2v) is 4.21. The molecule has 0 aromatic carbocycles. The molecule has 2 N–H and O–H groups in total. The van der Waals surface area contributed by atoms with Crippen LogP contribution < -0.4 is 10.6 Å². The van der Waals surface area contributed by atoms with Gasteiger partial charge in [-0.2, -0.15) is 0 Å². The molecule has 1 aliphatic heterocycles. The molecule has 1 aliphatic rings. The van der Waals surface area contributed by atoms with Crippen LogP contribution in [-0.4, -0.2) is 29.1 Å². The van der Waals surface area contributed by atoms with Crippen LogP contribution in [-0.2, 0) is 0 Å². The Hall–Kier alpha value is -0.580. The summed E-state index contributed by atoms with van der Waals surface area (Å²) in [5.41, 5.74) is 0.895. The molecular weight excluding hydrogens is 247 g/mol. The molecule has 0 unspecified atom stereocenters. The van der Waals surface area contributed by atoms with Gasteiger partial charge in [-0.15, -0.1) is 12.4 Å². The molecular formula is C10H16Cl2N4. The Labute approximate surface area is 107 Å². The van der Waals surface area contributed by atoms with Gasteiger partial charge in [-0.3, -0.25) is 0 Å². The summed E-state index contributed by atoms with van der Waals surface area (Å²) in [6.07, 6.45) is 2.21. The van der Waals surface area contributed by atoms with Crippen LogP contribution in [0.1, 0.15) is 18.5 Å². The third-order valence-electron chi connectivity index (χ3n) is 2.50. The molecule has 0 spiro atoms. The van der Waals surface area contributed by atoms with Gasteiger partial charge in [0.05, 0.1) is 0 Å². The van der Waals surface area contributed by atoms with Crippen molar-refractivity contribution in [3.63, 3.8) is 0 Å². The summed E-state index contributed by atoms with van der Waals surface area (Å²) in [4.78, 5) is 8.45. The van der Waals surface area contributed by atoms with Crippen molar-refractivity contribution in [2.24, 2.45) is 0 Å². The molecule has 0 radical (unpaired) electrons. The fraction of sp³-hybridized carbons (Fsp3) is 0.600. The van der Waals surface area contributed by atoms with E-state index in [1.807, 2.05) is 6.92 Å². The van der Waals surface area contributed by atoms with Crippen LogP contribution in [0, 0.1) is 6.92 Å². The van der Waals surface area contributed by atoms with Crippen molar-refractivity contribution in [2.75, 3.05) is 18.4 Å². The molecule has 0 amide bonds. The molecule has 6 heteroatoms. The standard InChI is InChI=1S/C10H15ClN4.ClH/c1-7-6-9(11)15-10(13-7)14-8-2-4-12-5-3-8;/h6,8,12H,2-5H2,1H3,(H,13,14,15);1H. The minimum Gasteiger partial charge on any atom is -0.351 e. The number of anilines is 1. The normalized spacial score (nSPS) is 16.6. The molecule has 0 atom stereocenters. The minimum absolute atomic E-state index is 0. The van der Waals surface area contributed by atoms with Crippen LogP contribution in [0.4, 0.5) is 5.95 Å². The van der Waals surface area contributed by atoms with Crippen LogP contribution in [0.5, 0.6) is 0 Å². The van der Waals surface area contributed by atoms with E-state index in [-0.39, 0.29) is 12.4 Å². The number of nitrogens with zero attached hydrogens (tertiary/aromatic N) is 2. The summed E-state index contributed by atoms with van der Waals surface area (Å²) in [5, 5.41) is 7.13. The lowest BCUT2D eigenvalue weighted by molar-refractivity contribution is 0.477. The molecule has 1 aromatic heterocycles. The number of piperidine rings is 1. The largest absolute Gasteiger partial charge is 0.351 e. The highest BCUT2D eigenvalue weighted by Gasteiger charge is 2.13. The third-order valence-corrected chi connectivity index (χ3v) is 2.69. The molecule has 1 saturated heterocycles. The fourth-order valence-corrected chi connectivity index (χ4v) is 1.98. The summed E-state index contributed by atoms with van der Waals surface area (Å²) in [7, 11) is 0. The van der Waals surface area contributed by atoms with Gasteiger partial charge in [0, 0.05) is 11.7 Å². The first-order valence-electron chi connectivity index (χ1n) is 5.22. The van der Waals surface area contributed by atoms with Gasteiger partial charge in [0.15, 0.2) is 0 Å². The van der Waals surface area contributed by atoms with Crippen LogP contribution in [0.15, 0.2) is 6.07 Å².